The minimum Gasteiger partial charge on any atom is -0.459 e. The molecule has 3 rings (SSSR count). The van der Waals surface area contributed by atoms with Gasteiger partial charge in [-0.25, -0.2) is 4.79 Å². The van der Waals surface area contributed by atoms with Gasteiger partial charge in [0.05, 0.1) is 5.56 Å². The molecule has 0 spiro atoms. The number of rotatable bonds is 4. The Morgan fingerprint density at radius 1 is 1.13 bits per heavy atom. The summed E-state index contributed by atoms with van der Waals surface area (Å²) in [6.45, 7) is 4.55. The van der Waals surface area contributed by atoms with Crippen LogP contribution in [0, 0.1) is 11.8 Å². The van der Waals surface area contributed by atoms with Gasteiger partial charge in [0.15, 0.2) is 0 Å². The molecule has 0 bridgehead atoms. The molecule has 1 aromatic rings. The van der Waals surface area contributed by atoms with Crippen molar-refractivity contribution in [2.24, 2.45) is 11.8 Å². The molecule has 2 nitrogen and oxygen atoms in total. The van der Waals surface area contributed by atoms with Crippen LogP contribution in [0.15, 0.2) is 18.2 Å². The summed E-state index contributed by atoms with van der Waals surface area (Å²) < 4.78 is 5.74. The van der Waals surface area contributed by atoms with E-state index in [4.69, 9.17) is 4.74 Å². The largest absolute Gasteiger partial charge is 0.459 e. The standard InChI is InChI=1S/C21H30O2/c1-3-4-16-7-8-18-14-19(10-9-17(18)13-16)21(22)23-20-11-5-15(2)6-12-20/h9-10,14-16,20H,3-8,11-13H2,1-2H3. The highest BCUT2D eigenvalue weighted by Gasteiger charge is 2.23. The first-order valence-electron chi connectivity index (χ1n) is 9.48. The lowest BCUT2D eigenvalue weighted by molar-refractivity contribution is 0.0173. The SMILES string of the molecule is CCCC1CCc2cc(C(=O)OC3CCC(C)CC3)ccc2C1. The zero-order chi connectivity index (χ0) is 16.2. The van der Waals surface area contributed by atoms with Crippen LogP contribution in [0.5, 0.6) is 0 Å². The first-order chi connectivity index (χ1) is 11.2. The fraction of sp³-hybridized carbons (Fsp3) is 0.667. The second kappa shape index (κ2) is 7.51. The summed E-state index contributed by atoms with van der Waals surface area (Å²) in [4.78, 5) is 12.4. The van der Waals surface area contributed by atoms with E-state index >= 15 is 0 Å². The van der Waals surface area contributed by atoms with E-state index in [1.807, 2.05) is 6.07 Å². The normalized spacial score (nSPS) is 27.3. The first-order valence-corrected chi connectivity index (χ1v) is 9.48. The summed E-state index contributed by atoms with van der Waals surface area (Å²) in [6.07, 6.45) is 10.7. The predicted octanol–water partition coefficient (Wildman–Crippen LogP) is 5.33. The van der Waals surface area contributed by atoms with E-state index in [2.05, 4.69) is 26.0 Å². The molecule has 0 aromatic heterocycles. The van der Waals surface area contributed by atoms with E-state index in [-0.39, 0.29) is 12.1 Å². The molecule has 0 aliphatic heterocycles. The van der Waals surface area contributed by atoms with E-state index in [0.29, 0.717) is 0 Å². The van der Waals surface area contributed by atoms with Crippen molar-refractivity contribution < 1.29 is 9.53 Å². The Morgan fingerprint density at radius 3 is 2.65 bits per heavy atom. The van der Waals surface area contributed by atoms with Crippen LogP contribution in [0.25, 0.3) is 0 Å². The Balaban J connectivity index is 1.62. The molecule has 1 unspecified atom stereocenters. The summed E-state index contributed by atoms with van der Waals surface area (Å²) in [7, 11) is 0. The van der Waals surface area contributed by atoms with Crippen molar-refractivity contribution >= 4 is 5.97 Å². The Kier molecular flexibility index (Phi) is 5.40. The highest BCUT2D eigenvalue weighted by molar-refractivity contribution is 5.89. The van der Waals surface area contributed by atoms with E-state index in [1.54, 1.807) is 0 Å². The van der Waals surface area contributed by atoms with Crippen molar-refractivity contribution in [3.8, 4) is 0 Å². The van der Waals surface area contributed by atoms with Crippen molar-refractivity contribution in [2.45, 2.75) is 77.7 Å². The molecule has 126 valence electrons. The molecule has 2 heteroatoms. The molecule has 2 aliphatic carbocycles. The average molecular weight is 314 g/mol. The maximum atomic E-state index is 12.4. The predicted molar refractivity (Wildman–Crippen MR) is 93.7 cm³/mol. The highest BCUT2D eigenvalue weighted by Crippen LogP contribution is 2.30. The Morgan fingerprint density at radius 2 is 1.91 bits per heavy atom. The molecule has 2 aliphatic rings. The van der Waals surface area contributed by atoms with Crippen LogP contribution in [-0.2, 0) is 17.6 Å². The number of fused-ring (bicyclic) bond motifs is 1. The lowest BCUT2D eigenvalue weighted by Gasteiger charge is -2.27. The Bertz CT molecular complexity index is 541. The maximum absolute atomic E-state index is 12.4. The smallest absolute Gasteiger partial charge is 0.338 e. The summed E-state index contributed by atoms with van der Waals surface area (Å²) in [5.74, 6) is 1.49. The molecule has 1 aromatic carbocycles. The Labute approximate surface area is 140 Å². The number of hydrogen-bond donors (Lipinski definition) is 0. The van der Waals surface area contributed by atoms with Crippen LogP contribution in [0.3, 0.4) is 0 Å². The van der Waals surface area contributed by atoms with Crippen molar-refractivity contribution in [1.82, 2.24) is 0 Å². The molecule has 0 N–H and O–H groups in total. The molecule has 0 amide bonds. The number of hydrogen-bond acceptors (Lipinski definition) is 2. The van der Waals surface area contributed by atoms with E-state index in [1.165, 1.54) is 49.7 Å². The zero-order valence-corrected chi connectivity index (χ0v) is 14.6. The third-order valence-corrected chi connectivity index (χ3v) is 5.71. The molecule has 0 heterocycles. The number of carbonyl (C=O) groups is 1. The fourth-order valence-corrected chi connectivity index (χ4v) is 4.18. The molecule has 0 radical (unpaired) electrons. The van der Waals surface area contributed by atoms with Gasteiger partial charge in [-0.1, -0.05) is 32.8 Å². The van der Waals surface area contributed by atoms with Gasteiger partial charge < -0.3 is 4.74 Å². The second-order valence-corrected chi connectivity index (χ2v) is 7.67. The van der Waals surface area contributed by atoms with Gasteiger partial charge in [0.25, 0.3) is 0 Å². The van der Waals surface area contributed by atoms with Crippen LogP contribution in [-0.4, -0.2) is 12.1 Å². The third kappa shape index (κ3) is 4.16. The Hall–Kier alpha value is -1.31. The summed E-state index contributed by atoms with van der Waals surface area (Å²) >= 11 is 0. The summed E-state index contributed by atoms with van der Waals surface area (Å²) in [5, 5.41) is 0. The topological polar surface area (TPSA) is 26.3 Å². The number of carbonyl (C=O) groups excluding carboxylic acids is 1. The number of esters is 1. The highest BCUT2D eigenvalue weighted by atomic mass is 16.5. The van der Waals surface area contributed by atoms with Gasteiger partial charge in [-0.3, -0.25) is 0 Å². The number of benzene rings is 1. The second-order valence-electron chi connectivity index (χ2n) is 7.67. The quantitative estimate of drug-likeness (QED) is 0.702. The van der Waals surface area contributed by atoms with Gasteiger partial charge in [-0.15, -0.1) is 0 Å². The number of aryl methyl sites for hydroxylation is 1. The van der Waals surface area contributed by atoms with Gasteiger partial charge in [0, 0.05) is 0 Å². The molecular formula is C21H30O2. The lowest BCUT2D eigenvalue weighted by Crippen LogP contribution is -2.24. The van der Waals surface area contributed by atoms with Crippen LogP contribution >= 0.6 is 0 Å². The fourth-order valence-electron chi connectivity index (χ4n) is 4.18. The lowest BCUT2D eigenvalue weighted by atomic mass is 9.81. The molecule has 23 heavy (non-hydrogen) atoms. The monoisotopic (exact) mass is 314 g/mol. The van der Waals surface area contributed by atoms with Crippen LogP contribution in [0.4, 0.5) is 0 Å². The van der Waals surface area contributed by atoms with Crippen molar-refractivity contribution in [3.05, 3.63) is 34.9 Å². The summed E-state index contributed by atoms with van der Waals surface area (Å²) in [5.41, 5.74) is 3.55. The minimum absolute atomic E-state index is 0.122. The molecule has 1 fully saturated rings. The van der Waals surface area contributed by atoms with Crippen molar-refractivity contribution in [2.75, 3.05) is 0 Å². The molecule has 1 saturated carbocycles. The molecular weight excluding hydrogens is 284 g/mol. The zero-order valence-electron chi connectivity index (χ0n) is 14.6. The van der Waals surface area contributed by atoms with Crippen LogP contribution in [0.1, 0.15) is 80.3 Å². The number of ether oxygens (including phenoxy) is 1. The molecule has 1 atom stereocenters. The van der Waals surface area contributed by atoms with E-state index < -0.39 is 0 Å². The average Bonchev–Trinajstić information content (AvgIpc) is 2.56. The third-order valence-electron chi connectivity index (χ3n) is 5.71. The van der Waals surface area contributed by atoms with Crippen LogP contribution < -0.4 is 0 Å². The first kappa shape index (κ1) is 16.5. The van der Waals surface area contributed by atoms with Gasteiger partial charge in [-0.2, -0.15) is 0 Å². The van der Waals surface area contributed by atoms with Gasteiger partial charge in [0.1, 0.15) is 6.10 Å². The molecule has 0 saturated heterocycles. The van der Waals surface area contributed by atoms with Crippen LogP contribution in [0.2, 0.25) is 0 Å². The maximum Gasteiger partial charge on any atom is 0.338 e. The van der Waals surface area contributed by atoms with E-state index in [9.17, 15) is 4.79 Å². The minimum atomic E-state index is -0.122. The van der Waals surface area contributed by atoms with E-state index in [0.717, 1.165) is 36.7 Å². The van der Waals surface area contributed by atoms with Gasteiger partial charge >= 0.3 is 5.97 Å². The van der Waals surface area contributed by atoms with Gasteiger partial charge in [0.2, 0.25) is 0 Å². The van der Waals surface area contributed by atoms with Crippen molar-refractivity contribution in [3.63, 3.8) is 0 Å². The summed E-state index contributed by atoms with van der Waals surface area (Å²) in [6, 6.07) is 6.23. The van der Waals surface area contributed by atoms with Gasteiger partial charge in [-0.05, 0) is 80.0 Å². The van der Waals surface area contributed by atoms with Crippen molar-refractivity contribution in [1.29, 1.82) is 0 Å².